The van der Waals surface area contributed by atoms with Crippen LogP contribution < -0.4 is 14.8 Å². The Labute approximate surface area is 194 Å². The first kappa shape index (κ1) is 26.0. The van der Waals surface area contributed by atoms with Gasteiger partial charge in [-0.3, -0.25) is 0 Å². The molecular weight excluding hydrogens is 426 g/mol. The summed E-state index contributed by atoms with van der Waals surface area (Å²) in [5, 5.41) is 11.9. The third-order valence-electron chi connectivity index (χ3n) is 4.71. The first-order chi connectivity index (χ1) is 15.6. The number of nitrogens with one attached hydrogen (secondary N) is 1. The molecule has 2 aromatic carbocycles. The van der Waals surface area contributed by atoms with Gasteiger partial charge >= 0.3 is 12.1 Å². The van der Waals surface area contributed by atoms with E-state index in [0.29, 0.717) is 24.7 Å². The Morgan fingerprint density at radius 2 is 1.58 bits per heavy atom. The van der Waals surface area contributed by atoms with Crippen molar-refractivity contribution in [2.24, 2.45) is 0 Å². The fraction of sp³-hybridized carbons (Fsp3) is 0.440. The third kappa shape index (κ3) is 7.68. The molecule has 0 heterocycles. The number of amides is 1. The molecule has 0 saturated heterocycles. The molecule has 1 unspecified atom stereocenters. The van der Waals surface area contributed by atoms with Gasteiger partial charge in [-0.05, 0) is 56.5 Å². The Morgan fingerprint density at radius 1 is 1.00 bits per heavy atom. The van der Waals surface area contributed by atoms with Crippen LogP contribution in [0.1, 0.15) is 38.8 Å². The topological polar surface area (TPSA) is 103 Å². The molecule has 0 bridgehead atoms. The normalized spacial score (nSPS) is 12.1. The number of alkyl carbamates (subject to hydrolysis) is 1. The lowest BCUT2D eigenvalue weighted by molar-refractivity contribution is -0.139. The molecule has 2 aromatic rings. The number of hydrogen-bond donors (Lipinski definition) is 2. The minimum atomic E-state index is -1.14. The number of carboxylic acids is 1. The van der Waals surface area contributed by atoms with Crippen LogP contribution in [0.2, 0.25) is 0 Å². The molecule has 0 spiro atoms. The number of ether oxygens (including phenoxy) is 4. The SMILES string of the molecule is CCOCc1cc(OC)c(-c2ccc(CC(NC(=O)OC(C)(C)C)C(=O)O)cc2)c(OC)c1. The molecule has 0 saturated carbocycles. The molecule has 0 aliphatic heterocycles. The fourth-order valence-corrected chi connectivity index (χ4v) is 3.25. The number of carboxylic acid groups (broad SMARTS) is 1. The van der Waals surface area contributed by atoms with Crippen molar-refractivity contribution in [2.75, 3.05) is 20.8 Å². The van der Waals surface area contributed by atoms with Gasteiger partial charge < -0.3 is 29.4 Å². The van der Waals surface area contributed by atoms with Gasteiger partial charge in [-0.25, -0.2) is 9.59 Å². The number of carbonyl (C=O) groups is 2. The molecule has 2 N–H and O–H groups in total. The van der Waals surface area contributed by atoms with Gasteiger partial charge in [-0.15, -0.1) is 0 Å². The zero-order chi connectivity index (χ0) is 24.6. The van der Waals surface area contributed by atoms with Crippen LogP contribution in [0.25, 0.3) is 11.1 Å². The Morgan fingerprint density at radius 3 is 2.03 bits per heavy atom. The van der Waals surface area contributed by atoms with E-state index in [1.165, 1.54) is 0 Å². The van der Waals surface area contributed by atoms with Crippen molar-refractivity contribution in [1.29, 1.82) is 0 Å². The largest absolute Gasteiger partial charge is 0.496 e. The Bertz CT molecular complexity index is 923. The van der Waals surface area contributed by atoms with E-state index in [2.05, 4.69) is 5.32 Å². The van der Waals surface area contributed by atoms with Crippen molar-refractivity contribution in [2.45, 2.75) is 52.4 Å². The van der Waals surface area contributed by atoms with E-state index < -0.39 is 23.7 Å². The van der Waals surface area contributed by atoms with Crippen LogP contribution in [-0.4, -0.2) is 49.6 Å². The highest BCUT2D eigenvalue weighted by atomic mass is 16.6. The molecular formula is C25H33NO7. The smallest absolute Gasteiger partial charge is 0.408 e. The van der Waals surface area contributed by atoms with Crippen LogP contribution in [0, 0.1) is 0 Å². The van der Waals surface area contributed by atoms with E-state index in [-0.39, 0.29) is 6.42 Å². The summed E-state index contributed by atoms with van der Waals surface area (Å²) in [4.78, 5) is 23.7. The van der Waals surface area contributed by atoms with Crippen LogP contribution in [0.3, 0.4) is 0 Å². The van der Waals surface area contributed by atoms with E-state index in [1.54, 1.807) is 35.0 Å². The summed E-state index contributed by atoms with van der Waals surface area (Å²) < 4.78 is 21.9. The van der Waals surface area contributed by atoms with Crippen molar-refractivity contribution in [3.63, 3.8) is 0 Å². The van der Waals surface area contributed by atoms with Gasteiger partial charge in [0.15, 0.2) is 0 Å². The number of methoxy groups -OCH3 is 2. The lowest BCUT2D eigenvalue weighted by Gasteiger charge is -2.22. The summed E-state index contributed by atoms with van der Waals surface area (Å²) in [6, 6.07) is 10.1. The first-order valence-corrected chi connectivity index (χ1v) is 10.7. The summed E-state index contributed by atoms with van der Waals surface area (Å²) >= 11 is 0. The molecule has 0 fully saturated rings. The van der Waals surface area contributed by atoms with Crippen molar-refractivity contribution in [1.82, 2.24) is 5.32 Å². The highest BCUT2D eigenvalue weighted by Gasteiger charge is 2.24. The van der Waals surface area contributed by atoms with Crippen LogP contribution in [0.5, 0.6) is 11.5 Å². The highest BCUT2D eigenvalue weighted by molar-refractivity contribution is 5.81. The zero-order valence-electron chi connectivity index (χ0n) is 20.1. The summed E-state index contributed by atoms with van der Waals surface area (Å²) in [6.07, 6.45) is -0.663. The molecule has 0 aromatic heterocycles. The van der Waals surface area contributed by atoms with E-state index in [0.717, 1.165) is 22.3 Å². The van der Waals surface area contributed by atoms with Crippen LogP contribution >= 0.6 is 0 Å². The fourth-order valence-electron chi connectivity index (χ4n) is 3.25. The van der Waals surface area contributed by atoms with E-state index >= 15 is 0 Å². The summed E-state index contributed by atoms with van der Waals surface area (Å²) in [6.45, 7) is 8.13. The quantitative estimate of drug-likeness (QED) is 0.542. The molecule has 0 aliphatic carbocycles. The summed E-state index contributed by atoms with van der Waals surface area (Å²) in [5.41, 5.74) is 2.60. The number of aliphatic carboxylic acids is 1. The molecule has 33 heavy (non-hydrogen) atoms. The highest BCUT2D eigenvalue weighted by Crippen LogP contribution is 2.40. The minimum Gasteiger partial charge on any atom is -0.496 e. The van der Waals surface area contributed by atoms with E-state index in [4.69, 9.17) is 18.9 Å². The molecule has 1 atom stereocenters. The second kappa shape index (κ2) is 11.6. The summed E-state index contributed by atoms with van der Waals surface area (Å²) in [5.74, 6) is 0.150. The Balaban J connectivity index is 2.25. The molecule has 2 rings (SSSR count). The first-order valence-electron chi connectivity index (χ1n) is 10.7. The Hall–Kier alpha value is -3.26. The zero-order valence-corrected chi connectivity index (χ0v) is 20.1. The maximum absolute atomic E-state index is 12.0. The standard InChI is InChI=1S/C25H33NO7/c1-7-32-15-17-13-20(30-5)22(21(14-17)31-6)18-10-8-16(9-11-18)12-19(23(27)28)26-24(29)33-25(2,3)4/h8-11,13-14,19H,7,12,15H2,1-6H3,(H,26,29)(H,27,28). The van der Waals surface area contributed by atoms with Gasteiger partial charge in [0.25, 0.3) is 0 Å². The Kier molecular flexibility index (Phi) is 9.11. The van der Waals surface area contributed by atoms with Gasteiger partial charge in [-0.1, -0.05) is 24.3 Å². The maximum Gasteiger partial charge on any atom is 0.408 e. The molecule has 8 heteroatoms. The van der Waals surface area contributed by atoms with Gasteiger partial charge in [0.1, 0.15) is 23.1 Å². The van der Waals surface area contributed by atoms with Crippen LogP contribution in [0.15, 0.2) is 36.4 Å². The third-order valence-corrected chi connectivity index (χ3v) is 4.71. The number of rotatable bonds is 10. The molecule has 0 aliphatic rings. The molecule has 0 radical (unpaired) electrons. The second-order valence-electron chi connectivity index (χ2n) is 8.45. The molecule has 180 valence electrons. The molecule has 8 nitrogen and oxygen atoms in total. The lowest BCUT2D eigenvalue weighted by Crippen LogP contribution is -2.44. The lowest BCUT2D eigenvalue weighted by atomic mass is 9.98. The number of carbonyl (C=O) groups excluding carboxylic acids is 1. The van der Waals surface area contributed by atoms with Gasteiger partial charge in [0, 0.05) is 13.0 Å². The second-order valence-corrected chi connectivity index (χ2v) is 8.45. The van der Waals surface area contributed by atoms with Crippen molar-refractivity contribution in [3.05, 3.63) is 47.5 Å². The van der Waals surface area contributed by atoms with Crippen molar-refractivity contribution < 1.29 is 33.6 Å². The van der Waals surface area contributed by atoms with E-state index in [9.17, 15) is 14.7 Å². The van der Waals surface area contributed by atoms with Crippen molar-refractivity contribution in [3.8, 4) is 22.6 Å². The maximum atomic E-state index is 12.0. The van der Waals surface area contributed by atoms with Gasteiger partial charge in [-0.2, -0.15) is 0 Å². The average molecular weight is 460 g/mol. The predicted octanol–water partition coefficient (Wildman–Crippen LogP) is 4.43. The minimum absolute atomic E-state index is 0.108. The summed E-state index contributed by atoms with van der Waals surface area (Å²) in [7, 11) is 3.19. The monoisotopic (exact) mass is 459 g/mol. The number of benzene rings is 2. The van der Waals surface area contributed by atoms with E-state index in [1.807, 2.05) is 43.3 Å². The predicted molar refractivity (Wildman–Crippen MR) is 125 cm³/mol. The van der Waals surface area contributed by atoms with Gasteiger partial charge in [0.2, 0.25) is 0 Å². The van der Waals surface area contributed by atoms with Crippen LogP contribution in [0.4, 0.5) is 4.79 Å². The van der Waals surface area contributed by atoms with Crippen LogP contribution in [-0.2, 0) is 27.3 Å². The van der Waals surface area contributed by atoms with Gasteiger partial charge in [0.05, 0.1) is 26.4 Å². The van der Waals surface area contributed by atoms with Crippen molar-refractivity contribution >= 4 is 12.1 Å². The average Bonchev–Trinajstić information content (AvgIpc) is 2.75. The molecule has 1 amide bonds. The number of hydrogen-bond acceptors (Lipinski definition) is 6.